The van der Waals surface area contributed by atoms with Crippen LogP contribution in [0.15, 0.2) is 36.4 Å². The number of nitrogens with zero attached hydrogens (tertiary/aromatic N) is 2. The number of hydrogen-bond acceptors (Lipinski definition) is 4. The summed E-state index contributed by atoms with van der Waals surface area (Å²) in [6.45, 7) is 2.11. The number of carbonyl (C=O) groups excluding carboxylic acids is 1. The van der Waals surface area contributed by atoms with Crippen LogP contribution in [0, 0.1) is 5.92 Å². The SMILES string of the molecule is O=C(C1CCC1)N1CCN(C/C=C/c2ccccc2)[C@H]2CS(=O)(=O)C[C@H]21. The molecule has 1 aromatic carbocycles. The number of benzene rings is 1. The normalized spacial score (nSPS) is 28.8. The van der Waals surface area contributed by atoms with E-state index in [1.54, 1.807) is 0 Å². The third kappa shape index (κ3) is 3.58. The van der Waals surface area contributed by atoms with Crippen LogP contribution >= 0.6 is 0 Å². The predicted octanol–water partition coefficient (Wildman–Crippen LogP) is 1.81. The van der Waals surface area contributed by atoms with Gasteiger partial charge in [0.15, 0.2) is 9.84 Å². The molecular formula is C20H26N2O3S. The number of fused-ring (bicyclic) bond motifs is 1. The minimum absolute atomic E-state index is 0.0711. The molecule has 0 unspecified atom stereocenters. The molecule has 6 heteroatoms. The van der Waals surface area contributed by atoms with Gasteiger partial charge in [-0.1, -0.05) is 48.9 Å². The van der Waals surface area contributed by atoms with E-state index in [0.29, 0.717) is 6.54 Å². The van der Waals surface area contributed by atoms with Gasteiger partial charge in [0.1, 0.15) is 0 Å². The maximum Gasteiger partial charge on any atom is 0.226 e. The molecule has 5 nitrogen and oxygen atoms in total. The van der Waals surface area contributed by atoms with Crippen LogP contribution in [0.2, 0.25) is 0 Å². The first-order valence-electron chi connectivity index (χ1n) is 9.50. The highest BCUT2D eigenvalue weighted by Crippen LogP contribution is 2.33. The van der Waals surface area contributed by atoms with Gasteiger partial charge in [0.25, 0.3) is 0 Å². The van der Waals surface area contributed by atoms with Crippen LogP contribution in [0.5, 0.6) is 0 Å². The Labute approximate surface area is 155 Å². The largest absolute Gasteiger partial charge is 0.336 e. The van der Waals surface area contributed by atoms with Gasteiger partial charge >= 0.3 is 0 Å². The summed E-state index contributed by atoms with van der Waals surface area (Å²) < 4.78 is 24.6. The van der Waals surface area contributed by atoms with Gasteiger partial charge in [-0.25, -0.2) is 8.42 Å². The van der Waals surface area contributed by atoms with Crippen LogP contribution in [0.3, 0.4) is 0 Å². The summed E-state index contributed by atoms with van der Waals surface area (Å²) in [6.07, 6.45) is 7.21. The van der Waals surface area contributed by atoms with Crippen molar-refractivity contribution < 1.29 is 13.2 Å². The number of sulfone groups is 1. The summed E-state index contributed by atoms with van der Waals surface area (Å²) in [5.74, 6) is 0.603. The zero-order valence-electron chi connectivity index (χ0n) is 15.0. The van der Waals surface area contributed by atoms with E-state index in [9.17, 15) is 13.2 Å². The summed E-state index contributed by atoms with van der Waals surface area (Å²) in [5, 5.41) is 0. The number of carbonyl (C=O) groups is 1. The molecule has 0 aromatic heterocycles. The summed E-state index contributed by atoms with van der Waals surface area (Å²) in [6, 6.07) is 9.85. The maximum absolute atomic E-state index is 12.7. The molecule has 0 bridgehead atoms. The Hall–Kier alpha value is -1.66. The van der Waals surface area contributed by atoms with Crippen molar-refractivity contribution in [2.24, 2.45) is 5.92 Å². The van der Waals surface area contributed by atoms with E-state index in [1.807, 2.05) is 23.1 Å². The van der Waals surface area contributed by atoms with Crippen molar-refractivity contribution in [2.45, 2.75) is 31.3 Å². The number of amides is 1. The highest BCUT2D eigenvalue weighted by molar-refractivity contribution is 7.91. The fourth-order valence-corrected chi connectivity index (χ4v) is 6.31. The summed E-state index contributed by atoms with van der Waals surface area (Å²) >= 11 is 0. The average molecular weight is 375 g/mol. The Morgan fingerprint density at radius 3 is 2.50 bits per heavy atom. The van der Waals surface area contributed by atoms with Gasteiger partial charge in [-0.2, -0.15) is 0 Å². The van der Waals surface area contributed by atoms with Crippen molar-refractivity contribution in [1.82, 2.24) is 9.80 Å². The zero-order valence-corrected chi connectivity index (χ0v) is 15.8. The Kier molecular flexibility index (Phi) is 4.88. The first kappa shape index (κ1) is 17.7. The molecular weight excluding hydrogens is 348 g/mol. The fourth-order valence-electron chi connectivity index (χ4n) is 4.30. The molecule has 0 N–H and O–H groups in total. The van der Waals surface area contributed by atoms with Crippen molar-refractivity contribution in [1.29, 1.82) is 0 Å². The van der Waals surface area contributed by atoms with E-state index < -0.39 is 9.84 Å². The molecule has 26 heavy (non-hydrogen) atoms. The molecule has 4 rings (SSSR count). The maximum atomic E-state index is 12.7. The quantitative estimate of drug-likeness (QED) is 0.807. The van der Waals surface area contributed by atoms with Crippen LogP contribution in [0.25, 0.3) is 6.08 Å². The van der Waals surface area contributed by atoms with Gasteiger partial charge in [-0.05, 0) is 18.4 Å². The van der Waals surface area contributed by atoms with Crippen LogP contribution in [-0.2, 0) is 14.6 Å². The van der Waals surface area contributed by atoms with Gasteiger partial charge in [0, 0.05) is 31.6 Å². The van der Waals surface area contributed by atoms with Crippen LogP contribution in [0.4, 0.5) is 0 Å². The molecule has 2 aliphatic heterocycles. The van der Waals surface area contributed by atoms with E-state index in [0.717, 1.165) is 37.9 Å². The second-order valence-electron chi connectivity index (χ2n) is 7.68. The molecule has 2 heterocycles. The van der Waals surface area contributed by atoms with Gasteiger partial charge in [0.2, 0.25) is 5.91 Å². The number of hydrogen-bond donors (Lipinski definition) is 0. The molecule has 1 aliphatic carbocycles. The molecule has 1 aromatic rings. The second kappa shape index (κ2) is 7.16. The predicted molar refractivity (Wildman–Crippen MR) is 102 cm³/mol. The van der Waals surface area contributed by atoms with Crippen molar-refractivity contribution >= 4 is 21.8 Å². The van der Waals surface area contributed by atoms with E-state index in [4.69, 9.17) is 0 Å². The van der Waals surface area contributed by atoms with E-state index >= 15 is 0 Å². The van der Waals surface area contributed by atoms with Crippen LogP contribution in [-0.4, -0.2) is 67.3 Å². The molecule has 2 saturated heterocycles. The van der Waals surface area contributed by atoms with E-state index in [-0.39, 0.29) is 35.4 Å². The Morgan fingerprint density at radius 2 is 1.81 bits per heavy atom. The van der Waals surface area contributed by atoms with Crippen molar-refractivity contribution in [3.63, 3.8) is 0 Å². The average Bonchev–Trinajstić information content (AvgIpc) is 2.89. The lowest BCUT2D eigenvalue weighted by molar-refractivity contribution is -0.143. The zero-order chi connectivity index (χ0) is 18.1. The van der Waals surface area contributed by atoms with Crippen LogP contribution < -0.4 is 0 Å². The summed E-state index contributed by atoms with van der Waals surface area (Å²) in [7, 11) is -3.08. The smallest absolute Gasteiger partial charge is 0.226 e. The molecule has 0 spiro atoms. The minimum atomic E-state index is -3.08. The molecule has 0 radical (unpaired) electrons. The first-order valence-corrected chi connectivity index (χ1v) is 11.3. The lowest BCUT2D eigenvalue weighted by Crippen LogP contribution is -2.61. The Morgan fingerprint density at radius 1 is 1.08 bits per heavy atom. The lowest BCUT2D eigenvalue weighted by Gasteiger charge is -2.45. The van der Waals surface area contributed by atoms with Crippen LogP contribution in [0.1, 0.15) is 24.8 Å². The fraction of sp³-hybridized carbons (Fsp3) is 0.550. The molecule has 3 aliphatic rings. The monoisotopic (exact) mass is 374 g/mol. The molecule has 140 valence electrons. The van der Waals surface area contributed by atoms with Crippen molar-refractivity contribution in [2.75, 3.05) is 31.1 Å². The van der Waals surface area contributed by atoms with E-state index in [1.165, 1.54) is 0 Å². The Bertz CT molecular complexity index is 787. The molecule has 2 atom stereocenters. The minimum Gasteiger partial charge on any atom is -0.336 e. The Balaban J connectivity index is 1.46. The van der Waals surface area contributed by atoms with Crippen molar-refractivity contribution in [3.8, 4) is 0 Å². The summed E-state index contributed by atoms with van der Waals surface area (Å²) in [5.41, 5.74) is 1.14. The second-order valence-corrected chi connectivity index (χ2v) is 9.83. The standard InChI is InChI=1S/C20H26N2O3S/c23-20(17-9-4-10-17)22-13-12-21(18-14-26(24,25)15-19(18)22)11-5-8-16-6-2-1-3-7-16/h1-3,5-8,17-19H,4,9-15H2/b8-5+/t18-,19+/m0/s1. The van der Waals surface area contributed by atoms with E-state index in [2.05, 4.69) is 29.2 Å². The van der Waals surface area contributed by atoms with Gasteiger partial charge < -0.3 is 4.90 Å². The first-order chi connectivity index (χ1) is 12.5. The molecule has 3 fully saturated rings. The molecule has 1 saturated carbocycles. The summed E-state index contributed by atoms with van der Waals surface area (Å²) in [4.78, 5) is 16.9. The third-order valence-electron chi connectivity index (χ3n) is 5.98. The number of piperazine rings is 1. The topological polar surface area (TPSA) is 57.7 Å². The van der Waals surface area contributed by atoms with Gasteiger partial charge in [0.05, 0.1) is 17.5 Å². The highest BCUT2D eigenvalue weighted by atomic mass is 32.2. The third-order valence-corrected chi connectivity index (χ3v) is 7.68. The number of rotatable bonds is 4. The lowest BCUT2D eigenvalue weighted by atomic mass is 9.83. The molecule has 1 amide bonds. The van der Waals surface area contributed by atoms with Gasteiger partial charge in [-0.15, -0.1) is 0 Å². The van der Waals surface area contributed by atoms with Crippen molar-refractivity contribution in [3.05, 3.63) is 42.0 Å². The van der Waals surface area contributed by atoms with Gasteiger partial charge in [-0.3, -0.25) is 9.69 Å². The highest BCUT2D eigenvalue weighted by Gasteiger charge is 2.48.